The standard InChI is InChI=1S/C13H19FN2O2S/c1-9-3-4-11(14)7-13(9)16-19(17,18)10(2)8-15-12-5-6-12/h3-4,7,10,12,15-16H,5-6,8H2,1-2H3. The quantitative estimate of drug-likeness (QED) is 0.841. The number of benzene rings is 1. The first-order valence-electron chi connectivity index (χ1n) is 6.39. The molecule has 1 aromatic carbocycles. The maximum Gasteiger partial charge on any atom is 0.236 e. The molecule has 0 aliphatic heterocycles. The van der Waals surface area contributed by atoms with Crippen molar-refractivity contribution in [3.05, 3.63) is 29.6 Å². The van der Waals surface area contributed by atoms with Crippen molar-refractivity contribution in [3.63, 3.8) is 0 Å². The van der Waals surface area contributed by atoms with Gasteiger partial charge in [0.1, 0.15) is 5.82 Å². The molecular weight excluding hydrogens is 267 g/mol. The molecule has 2 N–H and O–H groups in total. The fourth-order valence-corrected chi connectivity index (χ4v) is 2.73. The molecular formula is C13H19FN2O2S. The molecule has 106 valence electrons. The van der Waals surface area contributed by atoms with Gasteiger partial charge in [-0.1, -0.05) is 6.07 Å². The summed E-state index contributed by atoms with van der Waals surface area (Å²) in [7, 11) is -3.50. The van der Waals surface area contributed by atoms with E-state index >= 15 is 0 Å². The zero-order valence-electron chi connectivity index (χ0n) is 11.1. The summed E-state index contributed by atoms with van der Waals surface area (Å²) >= 11 is 0. The van der Waals surface area contributed by atoms with Crippen LogP contribution in [-0.4, -0.2) is 26.3 Å². The highest BCUT2D eigenvalue weighted by Gasteiger charge is 2.26. The SMILES string of the molecule is Cc1ccc(F)cc1NS(=O)(=O)C(C)CNC1CC1. The molecule has 0 heterocycles. The minimum Gasteiger partial charge on any atom is -0.313 e. The summed E-state index contributed by atoms with van der Waals surface area (Å²) < 4.78 is 39.8. The summed E-state index contributed by atoms with van der Waals surface area (Å²) in [6.07, 6.45) is 2.23. The molecule has 1 saturated carbocycles. The molecule has 1 aliphatic carbocycles. The van der Waals surface area contributed by atoms with Gasteiger partial charge in [-0.15, -0.1) is 0 Å². The van der Waals surface area contributed by atoms with Crippen LogP contribution in [0.25, 0.3) is 0 Å². The topological polar surface area (TPSA) is 58.2 Å². The number of hydrogen-bond acceptors (Lipinski definition) is 3. The van der Waals surface area contributed by atoms with Gasteiger partial charge in [-0.05, 0) is 44.4 Å². The van der Waals surface area contributed by atoms with Gasteiger partial charge in [0.2, 0.25) is 10.0 Å². The van der Waals surface area contributed by atoms with Crippen molar-refractivity contribution in [2.75, 3.05) is 11.3 Å². The van der Waals surface area contributed by atoms with Crippen LogP contribution in [-0.2, 0) is 10.0 Å². The lowest BCUT2D eigenvalue weighted by Gasteiger charge is -2.16. The smallest absolute Gasteiger partial charge is 0.236 e. The van der Waals surface area contributed by atoms with Crippen LogP contribution >= 0.6 is 0 Å². The molecule has 0 saturated heterocycles. The Morgan fingerprint density at radius 1 is 1.42 bits per heavy atom. The third kappa shape index (κ3) is 3.91. The second kappa shape index (κ2) is 5.46. The summed E-state index contributed by atoms with van der Waals surface area (Å²) in [5, 5.41) is 2.62. The third-order valence-corrected chi connectivity index (χ3v) is 4.98. The van der Waals surface area contributed by atoms with Crippen LogP contribution in [0.5, 0.6) is 0 Å². The molecule has 6 heteroatoms. The average molecular weight is 286 g/mol. The van der Waals surface area contributed by atoms with E-state index in [1.807, 2.05) is 0 Å². The lowest BCUT2D eigenvalue weighted by atomic mass is 10.2. The number of halogens is 1. The van der Waals surface area contributed by atoms with Crippen LogP contribution in [0.4, 0.5) is 10.1 Å². The molecule has 0 spiro atoms. The average Bonchev–Trinajstić information content (AvgIpc) is 3.14. The molecule has 0 aromatic heterocycles. The molecule has 1 aromatic rings. The zero-order chi connectivity index (χ0) is 14.0. The van der Waals surface area contributed by atoms with Gasteiger partial charge in [0.25, 0.3) is 0 Å². The van der Waals surface area contributed by atoms with Crippen molar-refractivity contribution in [2.45, 2.75) is 38.0 Å². The predicted octanol–water partition coefficient (Wildman–Crippen LogP) is 2.02. The van der Waals surface area contributed by atoms with Crippen LogP contribution in [0.2, 0.25) is 0 Å². The fourth-order valence-electron chi connectivity index (χ4n) is 1.69. The molecule has 4 nitrogen and oxygen atoms in total. The summed E-state index contributed by atoms with van der Waals surface area (Å²) in [6.45, 7) is 3.80. The Balaban J connectivity index is 2.04. The Labute approximate surface area is 113 Å². The number of hydrogen-bond donors (Lipinski definition) is 2. The molecule has 1 aliphatic rings. The molecule has 2 rings (SSSR count). The van der Waals surface area contributed by atoms with E-state index in [2.05, 4.69) is 10.0 Å². The zero-order valence-corrected chi connectivity index (χ0v) is 11.9. The van der Waals surface area contributed by atoms with Gasteiger partial charge >= 0.3 is 0 Å². The van der Waals surface area contributed by atoms with Gasteiger partial charge in [0.05, 0.1) is 10.9 Å². The second-order valence-corrected chi connectivity index (χ2v) is 7.20. The number of anilines is 1. The van der Waals surface area contributed by atoms with E-state index in [9.17, 15) is 12.8 Å². The van der Waals surface area contributed by atoms with E-state index < -0.39 is 21.1 Å². The Bertz CT molecular complexity index is 556. The number of nitrogens with one attached hydrogen (secondary N) is 2. The summed E-state index contributed by atoms with van der Waals surface area (Å²) in [5.74, 6) is -0.452. The van der Waals surface area contributed by atoms with Crippen LogP contribution < -0.4 is 10.0 Å². The number of aryl methyl sites for hydroxylation is 1. The maximum absolute atomic E-state index is 13.1. The van der Waals surface area contributed by atoms with Crippen LogP contribution in [0.3, 0.4) is 0 Å². The largest absolute Gasteiger partial charge is 0.313 e. The predicted molar refractivity (Wildman–Crippen MR) is 74.2 cm³/mol. The summed E-state index contributed by atoms with van der Waals surface area (Å²) in [4.78, 5) is 0. The Hall–Kier alpha value is -1.14. The molecule has 0 bridgehead atoms. The van der Waals surface area contributed by atoms with Gasteiger partial charge in [-0.2, -0.15) is 0 Å². The van der Waals surface area contributed by atoms with E-state index in [1.165, 1.54) is 12.1 Å². The first kappa shape index (κ1) is 14.3. The Morgan fingerprint density at radius 2 is 2.11 bits per heavy atom. The minimum absolute atomic E-state index is 0.304. The van der Waals surface area contributed by atoms with E-state index in [0.29, 0.717) is 23.8 Å². The van der Waals surface area contributed by atoms with Gasteiger partial charge in [0, 0.05) is 12.6 Å². The highest BCUT2D eigenvalue weighted by molar-refractivity contribution is 7.93. The Morgan fingerprint density at radius 3 is 2.74 bits per heavy atom. The maximum atomic E-state index is 13.1. The van der Waals surface area contributed by atoms with Gasteiger partial charge < -0.3 is 5.32 Å². The monoisotopic (exact) mass is 286 g/mol. The van der Waals surface area contributed by atoms with E-state index in [-0.39, 0.29) is 0 Å². The van der Waals surface area contributed by atoms with E-state index in [1.54, 1.807) is 19.9 Å². The molecule has 19 heavy (non-hydrogen) atoms. The first-order chi connectivity index (χ1) is 8.88. The minimum atomic E-state index is -3.50. The van der Waals surface area contributed by atoms with E-state index in [0.717, 1.165) is 12.8 Å². The van der Waals surface area contributed by atoms with Crippen molar-refractivity contribution < 1.29 is 12.8 Å². The normalized spacial score (nSPS) is 17.2. The van der Waals surface area contributed by atoms with E-state index in [4.69, 9.17) is 0 Å². The molecule has 1 unspecified atom stereocenters. The summed E-state index contributed by atoms with van der Waals surface area (Å²) in [6, 6.07) is 4.54. The van der Waals surface area contributed by atoms with Crippen molar-refractivity contribution in [2.24, 2.45) is 0 Å². The van der Waals surface area contributed by atoms with Crippen molar-refractivity contribution in [1.29, 1.82) is 0 Å². The van der Waals surface area contributed by atoms with Crippen molar-refractivity contribution in [1.82, 2.24) is 5.32 Å². The van der Waals surface area contributed by atoms with Gasteiger partial charge in [-0.3, -0.25) is 4.72 Å². The van der Waals surface area contributed by atoms with Crippen LogP contribution in [0.15, 0.2) is 18.2 Å². The number of rotatable bonds is 6. The van der Waals surface area contributed by atoms with Crippen LogP contribution in [0, 0.1) is 12.7 Å². The molecule has 0 radical (unpaired) electrons. The first-order valence-corrected chi connectivity index (χ1v) is 7.94. The number of sulfonamides is 1. The highest BCUT2D eigenvalue weighted by atomic mass is 32.2. The Kier molecular flexibility index (Phi) is 4.10. The lowest BCUT2D eigenvalue weighted by molar-refractivity contribution is 0.576. The summed E-state index contributed by atoms with van der Waals surface area (Å²) in [5.41, 5.74) is 1.01. The second-order valence-electron chi connectivity index (χ2n) is 5.10. The van der Waals surface area contributed by atoms with Crippen molar-refractivity contribution in [3.8, 4) is 0 Å². The molecule has 1 fully saturated rings. The highest BCUT2D eigenvalue weighted by Crippen LogP contribution is 2.20. The van der Waals surface area contributed by atoms with Gasteiger partial charge in [0.15, 0.2) is 0 Å². The van der Waals surface area contributed by atoms with Gasteiger partial charge in [-0.25, -0.2) is 12.8 Å². The molecule has 0 amide bonds. The van der Waals surface area contributed by atoms with Crippen LogP contribution in [0.1, 0.15) is 25.3 Å². The lowest BCUT2D eigenvalue weighted by Crippen LogP contribution is -2.35. The molecule has 1 atom stereocenters. The third-order valence-electron chi connectivity index (χ3n) is 3.25. The fraction of sp³-hybridized carbons (Fsp3) is 0.538. The van der Waals surface area contributed by atoms with Crippen molar-refractivity contribution >= 4 is 15.7 Å².